The van der Waals surface area contributed by atoms with Gasteiger partial charge in [0, 0.05) is 11.1 Å². The summed E-state index contributed by atoms with van der Waals surface area (Å²) in [5.41, 5.74) is 2.36. The molecule has 0 bridgehead atoms. The summed E-state index contributed by atoms with van der Waals surface area (Å²) < 4.78 is 11.0. The number of rotatable bonds is 6. The van der Waals surface area contributed by atoms with Crippen molar-refractivity contribution < 1.29 is 19.1 Å². The van der Waals surface area contributed by atoms with Gasteiger partial charge in [-0.05, 0) is 46.7 Å². The number of nitrogens with zero attached hydrogens (tertiary/aromatic N) is 1. The molecule has 33 heavy (non-hydrogen) atoms. The highest BCUT2D eigenvalue weighted by atomic mass is 16.6. The average molecular weight is 433 g/mol. The van der Waals surface area contributed by atoms with E-state index in [2.05, 4.69) is 4.99 Å². The van der Waals surface area contributed by atoms with Crippen LogP contribution in [0.15, 0.2) is 108 Å². The molecular formula is C28H19NO4. The van der Waals surface area contributed by atoms with Gasteiger partial charge in [-0.1, -0.05) is 72.8 Å². The van der Waals surface area contributed by atoms with Crippen LogP contribution in [0.2, 0.25) is 0 Å². The fourth-order valence-electron chi connectivity index (χ4n) is 3.53. The topological polar surface area (TPSA) is 65.0 Å². The van der Waals surface area contributed by atoms with Gasteiger partial charge in [0.1, 0.15) is 5.75 Å². The van der Waals surface area contributed by atoms with Crippen molar-refractivity contribution in [3.05, 3.63) is 119 Å². The highest BCUT2D eigenvalue weighted by Crippen LogP contribution is 2.23. The first-order chi connectivity index (χ1) is 16.2. The number of hydrogen-bond donors (Lipinski definition) is 0. The second kappa shape index (κ2) is 8.93. The van der Waals surface area contributed by atoms with E-state index < -0.39 is 5.97 Å². The minimum Gasteiger partial charge on any atom is -0.485 e. The second-order valence-electron chi connectivity index (χ2n) is 7.54. The summed E-state index contributed by atoms with van der Waals surface area (Å²) >= 11 is 0. The van der Waals surface area contributed by atoms with Gasteiger partial charge in [0.2, 0.25) is 5.90 Å². The van der Waals surface area contributed by atoms with E-state index >= 15 is 0 Å². The van der Waals surface area contributed by atoms with Gasteiger partial charge in [-0.15, -0.1) is 0 Å². The minimum absolute atomic E-state index is 0.0454. The van der Waals surface area contributed by atoms with E-state index in [0.717, 1.165) is 21.9 Å². The van der Waals surface area contributed by atoms with Gasteiger partial charge in [-0.3, -0.25) is 4.79 Å². The second-order valence-corrected chi connectivity index (χ2v) is 7.54. The number of esters is 1. The molecule has 5 nitrogen and oxygen atoms in total. The molecule has 1 aliphatic heterocycles. The van der Waals surface area contributed by atoms with E-state index in [1.165, 1.54) is 0 Å². The molecular weight excluding hydrogens is 414 g/mol. The highest BCUT2D eigenvalue weighted by Gasteiger charge is 2.24. The lowest BCUT2D eigenvalue weighted by Gasteiger charge is -2.06. The molecule has 5 rings (SSSR count). The third-order valence-corrected chi connectivity index (χ3v) is 5.27. The Balaban J connectivity index is 1.28. The lowest BCUT2D eigenvalue weighted by atomic mass is 10.1. The number of ether oxygens (including phenoxy) is 2. The summed E-state index contributed by atoms with van der Waals surface area (Å²) in [6, 6.07) is 29.9. The maximum Gasteiger partial charge on any atom is 0.363 e. The van der Waals surface area contributed by atoms with Gasteiger partial charge in [0.15, 0.2) is 18.1 Å². The Labute approximate surface area is 190 Å². The molecule has 0 fully saturated rings. The molecule has 0 saturated carbocycles. The fourth-order valence-corrected chi connectivity index (χ4v) is 3.53. The molecule has 0 spiro atoms. The molecule has 0 aliphatic carbocycles. The third-order valence-electron chi connectivity index (χ3n) is 5.27. The zero-order valence-corrected chi connectivity index (χ0v) is 17.6. The molecule has 0 atom stereocenters. The third kappa shape index (κ3) is 4.57. The first kappa shape index (κ1) is 20.4. The number of cyclic esters (lactones) is 1. The molecule has 4 aromatic rings. The van der Waals surface area contributed by atoms with E-state index in [-0.39, 0.29) is 24.0 Å². The maximum atomic E-state index is 12.3. The van der Waals surface area contributed by atoms with Crippen LogP contribution in [0.5, 0.6) is 5.75 Å². The van der Waals surface area contributed by atoms with Crippen molar-refractivity contribution in [3.8, 4) is 5.75 Å². The zero-order valence-electron chi connectivity index (χ0n) is 17.6. The zero-order chi connectivity index (χ0) is 22.6. The van der Waals surface area contributed by atoms with Crippen LogP contribution < -0.4 is 4.74 Å². The standard InChI is InChI=1S/C28H19NO4/c30-26(21-7-2-1-3-8-21)18-32-24-14-10-19(11-15-24)16-25-28(31)33-27(29-25)23-13-12-20-6-4-5-9-22(20)17-23/h1-17H,18H2/b25-16-. The Morgan fingerprint density at radius 1 is 0.848 bits per heavy atom. The Morgan fingerprint density at radius 3 is 2.36 bits per heavy atom. The number of aliphatic imine (C=N–C) groups is 1. The molecule has 1 aliphatic rings. The Kier molecular flexibility index (Phi) is 5.52. The van der Waals surface area contributed by atoms with Crippen molar-refractivity contribution in [1.82, 2.24) is 0 Å². The molecule has 0 unspecified atom stereocenters. The molecule has 0 saturated heterocycles. The normalized spacial score (nSPS) is 14.2. The van der Waals surface area contributed by atoms with Crippen molar-refractivity contribution in [2.24, 2.45) is 4.99 Å². The van der Waals surface area contributed by atoms with E-state index in [4.69, 9.17) is 9.47 Å². The lowest BCUT2D eigenvalue weighted by Crippen LogP contribution is -2.11. The predicted molar refractivity (Wildman–Crippen MR) is 127 cm³/mol. The van der Waals surface area contributed by atoms with Crippen molar-refractivity contribution >= 4 is 34.5 Å². The van der Waals surface area contributed by atoms with Crippen LogP contribution >= 0.6 is 0 Å². The summed E-state index contributed by atoms with van der Waals surface area (Å²) in [7, 11) is 0. The van der Waals surface area contributed by atoms with Gasteiger partial charge < -0.3 is 9.47 Å². The van der Waals surface area contributed by atoms with Gasteiger partial charge in [0.25, 0.3) is 0 Å². The SMILES string of the molecule is O=C1OC(c2ccc3ccccc3c2)=N/C1=C\c1ccc(OCC(=O)c2ccccc2)cc1. The first-order valence-corrected chi connectivity index (χ1v) is 10.5. The van der Waals surface area contributed by atoms with Crippen molar-refractivity contribution in [3.63, 3.8) is 0 Å². The molecule has 4 aromatic carbocycles. The number of carbonyl (C=O) groups is 2. The molecule has 0 amide bonds. The Morgan fingerprint density at radius 2 is 1.58 bits per heavy atom. The van der Waals surface area contributed by atoms with Crippen LogP contribution in [0.1, 0.15) is 21.5 Å². The van der Waals surface area contributed by atoms with E-state index in [0.29, 0.717) is 11.3 Å². The largest absolute Gasteiger partial charge is 0.485 e. The molecule has 160 valence electrons. The predicted octanol–water partition coefficient (Wildman–Crippen LogP) is 5.45. The van der Waals surface area contributed by atoms with Gasteiger partial charge in [-0.2, -0.15) is 0 Å². The Bertz CT molecular complexity index is 1400. The highest BCUT2D eigenvalue weighted by molar-refractivity contribution is 6.13. The van der Waals surface area contributed by atoms with Gasteiger partial charge >= 0.3 is 5.97 Å². The summed E-state index contributed by atoms with van der Waals surface area (Å²) in [5.74, 6) is 0.269. The lowest BCUT2D eigenvalue weighted by molar-refractivity contribution is -0.129. The molecule has 1 heterocycles. The number of benzene rings is 4. The summed E-state index contributed by atoms with van der Waals surface area (Å²) in [6.07, 6.45) is 1.66. The smallest absolute Gasteiger partial charge is 0.363 e. The number of ketones is 1. The van der Waals surface area contributed by atoms with Gasteiger partial charge in [-0.25, -0.2) is 9.79 Å². The molecule has 0 radical (unpaired) electrons. The first-order valence-electron chi connectivity index (χ1n) is 10.5. The maximum absolute atomic E-state index is 12.3. The monoisotopic (exact) mass is 433 g/mol. The number of carbonyl (C=O) groups excluding carboxylic acids is 2. The van der Waals surface area contributed by atoms with Crippen LogP contribution in [0, 0.1) is 0 Å². The Hall–Kier alpha value is -4.51. The summed E-state index contributed by atoms with van der Waals surface area (Å²) in [5, 5.41) is 2.15. The quantitative estimate of drug-likeness (QED) is 0.231. The van der Waals surface area contributed by atoms with E-state index in [9.17, 15) is 9.59 Å². The minimum atomic E-state index is -0.494. The van der Waals surface area contributed by atoms with Crippen molar-refractivity contribution in [2.75, 3.05) is 6.61 Å². The van der Waals surface area contributed by atoms with Crippen LogP contribution in [0.4, 0.5) is 0 Å². The molecule has 0 aromatic heterocycles. The fraction of sp³-hybridized carbons (Fsp3) is 0.0357. The number of hydrogen-bond acceptors (Lipinski definition) is 5. The van der Waals surface area contributed by atoms with E-state index in [1.54, 1.807) is 42.5 Å². The van der Waals surface area contributed by atoms with Crippen LogP contribution in [0.3, 0.4) is 0 Å². The number of fused-ring (bicyclic) bond motifs is 1. The molecule has 5 heteroatoms. The number of Topliss-reactive ketones (excluding diaryl/α,β-unsaturated/α-hetero) is 1. The van der Waals surface area contributed by atoms with Crippen LogP contribution in [0.25, 0.3) is 16.8 Å². The summed E-state index contributed by atoms with van der Waals surface area (Å²) in [4.78, 5) is 28.9. The average Bonchev–Trinajstić information content (AvgIpc) is 3.23. The van der Waals surface area contributed by atoms with Crippen molar-refractivity contribution in [1.29, 1.82) is 0 Å². The van der Waals surface area contributed by atoms with Gasteiger partial charge in [0.05, 0.1) is 0 Å². The van der Waals surface area contributed by atoms with Crippen LogP contribution in [-0.4, -0.2) is 24.3 Å². The molecule has 0 N–H and O–H groups in total. The summed E-state index contributed by atoms with van der Waals surface area (Å²) in [6.45, 7) is -0.0454. The van der Waals surface area contributed by atoms with Crippen molar-refractivity contribution in [2.45, 2.75) is 0 Å². The van der Waals surface area contributed by atoms with Crippen LogP contribution in [-0.2, 0) is 9.53 Å². The van der Waals surface area contributed by atoms with E-state index in [1.807, 2.05) is 60.7 Å².